The second-order valence-electron chi connectivity index (χ2n) is 3.95. The zero-order valence-electron chi connectivity index (χ0n) is 10.0. The predicted molar refractivity (Wildman–Crippen MR) is 67.0 cm³/mol. The molecule has 0 aliphatic rings. The van der Waals surface area contributed by atoms with Gasteiger partial charge in [0.05, 0.1) is 6.04 Å². The highest BCUT2D eigenvalue weighted by atomic mass is 35.5. The molecule has 2 atom stereocenters. The van der Waals surface area contributed by atoms with Gasteiger partial charge < -0.3 is 9.73 Å². The number of alkyl halides is 1. The SMILES string of the molecule is CC(Cl)c1nnc(NC(C)c2ccccc2F)o1. The summed E-state index contributed by atoms with van der Waals surface area (Å²) in [6.45, 7) is 3.55. The molecule has 1 aromatic carbocycles. The number of halogens is 2. The lowest BCUT2D eigenvalue weighted by atomic mass is 10.1. The van der Waals surface area contributed by atoms with E-state index in [-0.39, 0.29) is 23.3 Å². The van der Waals surface area contributed by atoms with Gasteiger partial charge >= 0.3 is 6.01 Å². The molecule has 18 heavy (non-hydrogen) atoms. The van der Waals surface area contributed by atoms with Crippen molar-refractivity contribution in [2.24, 2.45) is 0 Å². The van der Waals surface area contributed by atoms with E-state index >= 15 is 0 Å². The van der Waals surface area contributed by atoms with Crippen molar-refractivity contribution in [3.63, 3.8) is 0 Å². The maximum Gasteiger partial charge on any atom is 0.315 e. The Bertz CT molecular complexity index is 530. The zero-order valence-corrected chi connectivity index (χ0v) is 10.8. The third-order valence-corrected chi connectivity index (χ3v) is 2.68. The molecule has 0 saturated heterocycles. The molecule has 0 saturated carbocycles. The first-order valence-electron chi connectivity index (χ1n) is 5.56. The van der Waals surface area contributed by atoms with Crippen LogP contribution in [0.25, 0.3) is 0 Å². The number of benzene rings is 1. The molecule has 0 aliphatic carbocycles. The minimum atomic E-state index is -0.350. The van der Waals surface area contributed by atoms with Crippen molar-refractivity contribution in [1.29, 1.82) is 0 Å². The number of aromatic nitrogens is 2. The minimum Gasteiger partial charge on any atom is -0.406 e. The lowest BCUT2D eigenvalue weighted by molar-refractivity contribution is 0.500. The number of anilines is 1. The summed E-state index contributed by atoms with van der Waals surface area (Å²) in [6.07, 6.45) is 0. The highest BCUT2D eigenvalue weighted by molar-refractivity contribution is 6.20. The van der Waals surface area contributed by atoms with Crippen LogP contribution in [0.1, 0.15) is 36.7 Å². The average Bonchev–Trinajstić information content (AvgIpc) is 2.78. The van der Waals surface area contributed by atoms with E-state index in [9.17, 15) is 4.39 Å². The Hall–Kier alpha value is -1.62. The number of nitrogens with zero attached hydrogens (tertiary/aromatic N) is 2. The lowest BCUT2D eigenvalue weighted by Gasteiger charge is -2.12. The largest absolute Gasteiger partial charge is 0.406 e. The first-order valence-corrected chi connectivity index (χ1v) is 6.00. The molecule has 96 valence electrons. The molecule has 2 unspecified atom stereocenters. The van der Waals surface area contributed by atoms with Gasteiger partial charge in [-0.05, 0) is 19.9 Å². The molecular formula is C12H13ClFN3O. The van der Waals surface area contributed by atoms with Crippen LogP contribution in [0.2, 0.25) is 0 Å². The molecule has 0 fully saturated rings. The van der Waals surface area contributed by atoms with Crippen molar-refractivity contribution >= 4 is 17.6 Å². The molecule has 4 nitrogen and oxygen atoms in total. The van der Waals surface area contributed by atoms with Crippen molar-refractivity contribution in [2.75, 3.05) is 5.32 Å². The van der Waals surface area contributed by atoms with Crippen LogP contribution < -0.4 is 5.32 Å². The number of rotatable bonds is 4. The highest BCUT2D eigenvalue weighted by Crippen LogP contribution is 2.23. The molecule has 0 aliphatic heterocycles. The van der Waals surface area contributed by atoms with Gasteiger partial charge in [0.15, 0.2) is 0 Å². The molecule has 0 spiro atoms. The summed E-state index contributed by atoms with van der Waals surface area (Å²) < 4.78 is 18.8. The highest BCUT2D eigenvalue weighted by Gasteiger charge is 2.15. The van der Waals surface area contributed by atoms with E-state index < -0.39 is 0 Å². The van der Waals surface area contributed by atoms with Crippen LogP contribution >= 0.6 is 11.6 Å². The summed E-state index contributed by atoms with van der Waals surface area (Å²) in [5.74, 6) is 0.0582. The van der Waals surface area contributed by atoms with Gasteiger partial charge in [-0.25, -0.2) is 4.39 Å². The van der Waals surface area contributed by atoms with E-state index in [1.165, 1.54) is 6.07 Å². The van der Waals surface area contributed by atoms with Crippen molar-refractivity contribution in [3.05, 3.63) is 41.5 Å². The first kappa shape index (κ1) is 12.8. The van der Waals surface area contributed by atoms with Crippen LogP contribution in [0.3, 0.4) is 0 Å². The minimum absolute atomic E-state index is 0.230. The molecule has 0 radical (unpaired) electrons. The monoisotopic (exact) mass is 269 g/mol. The standard InChI is InChI=1S/C12H13ClFN3O/c1-7(13)11-16-17-12(18-11)15-8(2)9-5-3-4-6-10(9)14/h3-8H,1-2H3,(H,15,17). The Morgan fingerprint density at radius 3 is 2.61 bits per heavy atom. The fourth-order valence-corrected chi connectivity index (χ4v) is 1.63. The molecule has 1 N–H and O–H groups in total. The van der Waals surface area contributed by atoms with E-state index in [1.54, 1.807) is 25.1 Å². The molecule has 6 heteroatoms. The fourth-order valence-electron chi connectivity index (χ4n) is 1.54. The van der Waals surface area contributed by atoms with Gasteiger partial charge in [0.25, 0.3) is 0 Å². The number of hydrogen-bond acceptors (Lipinski definition) is 4. The van der Waals surface area contributed by atoms with Crippen molar-refractivity contribution in [2.45, 2.75) is 25.3 Å². The second-order valence-corrected chi connectivity index (χ2v) is 4.60. The smallest absolute Gasteiger partial charge is 0.315 e. The maximum absolute atomic E-state index is 13.5. The molecule has 2 aromatic rings. The predicted octanol–water partition coefficient (Wildman–Crippen LogP) is 3.68. The molecule has 2 rings (SSSR count). The van der Waals surface area contributed by atoms with E-state index in [1.807, 2.05) is 6.92 Å². The Balaban J connectivity index is 2.11. The van der Waals surface area contributed by atoms with E-state index in [4.69, 9.17) is 16.0 Å². The van der Waals surface area contributed by atoms with Crippen LogP contribution in [-0.2, 0) is 0 Å². The summed E-state index contributed by atoms with van der Waals surface area (Å²) in [5, 5.41) is 10.2. The summed E-state index contributed by atoms with van der Waals surface area (Å²) in [4.78, 5) is 0. The van der Waals surface area contributed by atoms with Crippen LogP contribution in [0, 0.1) is 5.82 Å². The first-order chi connectivity index (χ1) is 8.58. The van der Waals surface area contributed by atoms with Gasteiger partial charge in [-0.15, -0.1) is 16.7 Å². The zero-order chi connectivity index (χ0) is 13.1. The Morgan fingerprint density at radius 2 is 2.00 bits per heavy atom. The summed E-state index contributed by atoms with van der Waals surface area (Å²) in [7, 11) is 0. The summed E-state index contributed by atoms with van der Waals surface area (Å²) in [5.41, 5.74) is 0.538. The average molecular weight is 270 g/mol. The van der Waals surface area contributed by atoms with Gasteiger partial charge in [0.2, 0.25) is 5.89 Å². The third kappa shape index (κ3) is 2.79. The summed E-state index contributed by atoms with van der Waals surface area (Å²) in [6, 6.07) is 6.49. The third-order valence-electron chi connectivity index (χ3n) is 2.49. The van der Waals surface area contributed by atoms with E-state index in [2.05, 4.69) is 15.5 Å². The van der Waals surface area contributed by atoms with Crippen LogP contribution in [0.5, 0.6) is 0 Å². The molecule has 1 heterocycles. The Labute approximate surface area is 109 Å². The van der Waals surface area contributed by atoms with Gasteiger partial charge in [-0.2, -0.15) is 0 Å². The molecular weight excluding hydrogens is 257 g/mol. The van der Waals surface area contributed by atoms with Gasteiger partial charge in [-0.1, -0.05) is 23.3 Å². The molecule has 0 bridgehead atoms. The van der Waals surface area contributed by atoms with Crippen LogP contribution in [-0.4, -0.2) is 10.2 Å². The molecule has 1 aromatic heterocycles. The quantitative estimate of drug-likeness (QED) is 0.860. The van der Waals surface area contributed by atoms with Gasteiger partial charge in [-0.3, -0.25) is 0 Å². The van der Waals surface area contributed by atoms with Crippen molar-refractivity contribution in [3.8, 4) is 0 Å². The number of hydrogen-bond donors (Lipinski definition) is 1. The second kappa shape index (κ2) is 5.35. The molecule has 0 amide bonds. The fraction of sp³-hybridized carbons (Fsp3) is 0.333. The Kier molecular flexibility index (Phi) is 3.81. The lowest BCUT2D eigenvalue weighted by Crippen LogP contribution is -2.08. The summed E-state index contributed by atoms with van der Waals surface area (Å²) >= 11 is 5.81. The van der Waals surface area contributed by atoms with Crippen LogP contribution in [0.15, 0.2) is 28.7 Å². The Morgan fingerprint density at radius 1 is 1.28 bits per heavy atom. The van der Waals surface area contributed by atoms with Crippen molar-refractivity contribution in [1.82, 2.24) is 10.2 Å². The van der Waals surface area contributed by atoms with E-state index in [0.29, 0.717) is 11.5 Å². The maximum atomic E-state index is 13.5. The van der Waals surface area contributed by atoms with Crippen LogP contribution in [0.4, 0.5) is 10.4 Å². The van der Waals surface area contributed by atoms with Crippen molar-refractivity contribution < 1.29 is 8.81 Å². The van der Waals surface area contributed by atoms with Gasteiger partial charge in [0.1, 0.15) is 11.2 Å². The normalized spacial score (nSPS) is 14.2. The number of nitrogens with one attached hydrogen (secondary N) is 1. The van der Waals surface area contributed by atoms with E-state index in [0.717, 1.165) is 0 Å². The van der Waals surface area contributed by atoms with Gasteiger partial charge in [0, 0.05) is 5.56 Å². The topological polar surface area (TPSA) is 51.0 Å².